The van der Waals surface area contributed by atoms with Gasteiger partial charge in [0.05, 0.1) is 5.70 Å². The number of carbonyl (C=O) groups is 1. The molecule has 1 unspecified atom stereocenters. The molecule has 0 aromatic heterocycles. The highest BCUT2D eigenvalue weighted by Crippen LogP contribution is 2.29. The molecular formula is C13H14N4O. The Labute approximate surface area is 105 Å². The van der Waals surface area contributed by atoms with Gasteiger partial charge >= 0.3 is 6.03 Å². The predicted octanol–water partition coefficient (Wildman–Crippen LogP) is 1.52. The van der Waals surface area contributed by atoms with Crippen LogP contribution in [0.15, 0.2) is 47.8 Å². The maximum atomic E-state index is 11.4. The summed E-state index contributed by atoms with van der Waals surface area (Å²) in [6, 6.07) is 7.42. The standard InChI is InChI=1S/C13H14N4O/c1-8-2-7-11-12(16-13(18)15-11)17(8)10-5-3-9(14)4-6-10/h2-7,12H,14H2,1H3,(H2,15,16,18). The number of hydrogen-bond donors (Lipinski definition) is 3. The van der Waals surface area contributed by atoms with Crippen molar-refractivity contribution in [2.24, 2.45) is 0 Å². The third kappa shape index (κ3) is 1.60. The van der Waals surface area contributed by atoms with E-state index < -0.39 is 0 Å². The zero-order chi connectivity index (χ0) is 12.7. The fraction of sp³-hybridized carbons (Fsp3) is 0.154. The third-order valence-electron chi connectivity index (χ3n) is 3.13. The number of nitrogen functional groups attached to an aromatic ring is 1. The Kier molecular flexibility index (Phi) is 2.26. The quantitative estimate of drug-likeness (QED) is 0.654. The van der Waals surface area contributed by atoms with E-state index in [1.807, 2.05) is 43.3 Å². The molecule has 1 atom stereocenters. The summed E-state index contributed by atoms with van der Waals surface area (Å²) in [5.41, 5.74) is 9.35. The topological polar surface area (TPSA) is 70.4 Å². The van der Waals surface area contributed by atoms with Crippen molar-refractivity contribution in [2.45, 2.75) is 13.1 Å². The molecule has 92 valence electrons. The second-order valence-corrected chi connectivity index (χ2v) is 4.39. The van der Waals surface area contributed by atoms with Crippen LogP contribution in [0, 0.1) is 0 Å². The maximum absolute atomic E-state index is 11.4. The highest BCUT2D eigenvalue weighted by molar-refractivity contribution is 5.82. The van der Waals surface area contributed by atoms with E-state index in [0.29, 0.717) is 0 Å². The summed E-state index contributed by atoms with van der Waals surface area (Å²) < 4.78 is 0. The molecule has 0 bridgehead atoms. The van der Waals surface area contributed by atoms with Crippen molar-refractivity contribution >= 4 is 17.4 Å². The normalized spacial score (nSPS) is 21.7. The van der Waals surface area contributed by atoms with Crippen molar-refractivity contribution in [1.82, 2.24) is 10.6 Å². The zero-order valence-corrected chi connectivity index (χ0v) is 9.97. The number of carbonyl (C=O) groups excluding carboxylic acids is 1. The molecule has 2 aliphatic heterocycles. The van der Waals surface area contributed by atoms with Crippen molar-refractivity contribution in [3.8, 4) is 0 Å². The van der Waals surface area contributed by atoms with Crippen LogP contribution in [0.5, 0.6) is 0 Å². The van der Waals surface area contributed by atoms with E-state index in [0.717, 1.165) is 22.8 Å². The van der Waals surface area contributed by atoms with Crippen LogP contribution in [-0.2, 0) is 0 Å². The van der Waals surface area contributed by atoms with Crippen LogP contribution in [0.3, 0.4) is 0 Å². The first-order valence-corrected chi connectivity index (χ1v) is 5.76. The monoisotopic (exact) mass is 242 g/mol. The number of fused-ring (bicyclic) bond motifs is 1. The molecule has 18 heavy (non-hydrogen) atoms. The summed E-state index contributed by atoms with van der Waals surface area (Å²) in [7, 11) is 0. The smallest absolute Gasteiger partial charge is 0.321 e. The number of nitrogens with one attached hydrogen (secondary N) is 2. The van der Waals surface area contributed by atoms with E-state index in [2.05, 4.69) is 15.5 Å². The highest BCUT2D eigenvalue weighted by Gasteiger charge is 2.33. The SMILES string of the molecule is CC1=CC=C2NC(=O)NC2N1c1ccc(N)cc1. The van der Waals surface area contributed by atoms with Crippen LogP contribution < -0.4 is 21.3 Å². The van der Waals surface area contributed by atoms with Crippen LogP contribution in [0.2, 0.25) is 0 Å². The van der Waals surface area contributed by atoms with Gasteiger partial charge in [-0.25, -0.2) is 4.79 Å². The Bertz CT molecular complexity index is 559. The number of anilines is 2. The van der Waals surface area contributed by atoms with Crippen LogP contribution >= 0.6 is 0 Å². The minimum Gasteiger partial charge on any atom is -0.399 e. The molecule has 5 heteroatoms. The van der Waals surface area contributed by atoms with E-state index in [9.17, 15) is 4.79 Å². The second-order valence-electron chi connectivity index (χ2n) is 4.39. The number of nitrogens with zero attached hydrogens (tertiary/aromatic N) is 1. The van der Waals surface area contributed by atoms with E-state index in [1.54, 1.807) is 0 Å². The van der Waals surface area contributed by atoms with Gasteiger partial charge < -0.3 is 21.3 Å². The minimum atomic E-state index is -0.171. The molecule has 2 heterocycles. The molecule has 0 radical (unpaired) electrons. The number of amides is 2. The average molecular weight is 242 g/mol. The third-order valence-corrected chi connectivity index (χ3v) is 3.13. The molecule has 1 aromatic rings. The first kappa shape index (κ1) is 10.7. The average Bonchev–Trinajstić information content (AvgIpc) is 2.71. The molecule has 1 saturated heterocycles. The van der Waals surface area contributed by atoms with E-state index in [-0.39, 0.29) is 12.2 Å². The number of rotatable bonds is 1. The molecule has 2 aliphatic rings. The van der Waals surface area contributed by atoms with Gasteiger partial charge in [0.25, 0.3) is 0 Å². The molecule has 0 spiro atoms. The van der Waals surface area contributed by atoms with Gasteiger partial charge in [-0.05, 0) is 43.3 Å². The molecule has 0 saturated carbocycles. The van der Waals surface area contributed by atoms with Crippen LogP contribution in [0.25, 0.3) is 0 Å². The summed E-state index contributed by atoms with van der Waals surface area (Å²) >= 11 is 0. The van der Waals surface area contributed by atoms with Gasteiger partial charge in [-0.15, -0.1) is 0 Å². The Hall–Kier alpha value is -2.43. The molecular weight excluding hydrogens is 228 g/mol. The summed E-state index contributed by atoms with van der Waals surface area (Å²) in [5, 5.41) is 5.67. The Morgan fingerprint density at radius 3 is 2.67 bits per heavy atom. The minimum absolute atomic E-state index is 0.161. The van der Waals surface area contributed by atoms with Gasteiger partial charge in [0, 0.05) is 17.1 Å². The molecule has 5 nitrogen and oxygen atoms in total. The number of allylic oxidation sites excluding steroid dienone is 3. The van der Waals surface area contributed by atoms with Gasteiger partial charge in [0.15, 0.2) is 0 Å². The Balaban J connectivity index is 2.00. The van der Waals surface area contributed by atoms with Gasteiger partial charge in [0.1, 0.15) is 6.17 Å². The molecule has 4 N–H and O–H groups in total. The summed E-state index contributed by atoms with van der Waals surface area (Å²) in [6.45, 7) is 2.01. The molecule has 3 rings (SSSR count). The van der Waals surface area contributed by atoms with Gasteiger partial charge in [-0.2, -0.15) is 0 Å². The van der Waals surface area contributed by atoms with Gasteiger partial charge in [-0.1, -0.05) is 0 Å². The van der Waals surface area contributed by atoms with Crippen molar-refractivity contribution in [3.05, 3.63) is 47.8 Å². The Morgan fingerprint density at radius 2 is 1.94 bits per heavy atom. The van der Waals surface area contributed by atoms with Crippen LogP contribution in [-0.4, -0.2) is 12.2 Å². The van der Waals surface area contributed by atoms with E-state index >= 15 is 0 Å². The van der Waals surface area contributed by atoms with Gasteiger partial charge in [-0.3, -0.25) is 0 Å². The molecule has 1 fully saturated rings. The van der Waals surface area contributed by atoms with Crippen LogP contribution in [0.1, 0.15) is 6.92 Å². The lowest BCUT2D eigenvalue weighted by Crippen LogP contribution is -2.43. The largest absolute Gasteiger partial charge is 0.399 e. The number of nitrogens with two attached hydrogens (primary N) is 1. The fourth-order valence-electron chi connectivity index (χ4n) is 2.26. The number of benzene rings is 1. The second kappa shape index (κ2) is 3.80. The van der Waals surface area contributed by atoms with Crippen molar-refractivity contribution in [1.29, 1.82) is 0 Å². The Morgan fingerprint density at radius 1 is 1.22 bits per heavy atom. The first-order chi connectivity index (χ1) is 8.65. The lowest BCUT2D eigenvalue weighted by molar-refractivity contribution is 0.247. The van der Waals surface area contributed by atoms with E-state index in [4.69, 9.17) is 5.73 Å². The van der Waals surface area contributed by atoms with Gasteiger partial charge in [0.2, 0.25) is 0 Å². The maximum Gasteiger partial charge on any atom is 0.321 e. The lowest BCUT2D eigenvalue weighted by Gasteiger charge is -2.33. The van der Waals surface area contributed by atoms with Crippen molar-refractivity contribution < 1.29 is 4.79 Å². The lowest BCUT2D eigenvalue weighted by atomic mass is 10.1. The van der Waals surface area contributed by atoms with Crippen molar-refractivity contribution in [2.75, 3.05) is 10.6 Å². The molecule has 2 amide bonds. The predicted molar refractivity (Wildman–Crippen MR) is 70.6 cm³/mol. The fourth-order valence-corrected chi connectivity index (χ4v) is 2.26. The summed E-state index contributed by atoms with van der Waals surface area (Å²) in [5.74, 6) is 0. The summed E-state index contributed by atoms with van der Waals surface area (Å²) in [6.07, 6.45) is 3.74. The van der Waals surface area contributed by atoms with E-state index in [1.165, 1.54) is 0 Å². The summed E-state index contributed by atoms with van der Waals surface area (Å²) in [4.78, 5) is 13.5. The first-order valence-electron chi connectivity index (χ1n) is 5.76. The van der Waals surface area contributed by atoms with Crippen molar-refractivity contribution in [3.63, 3.8) is 0 Å². The zero-order valence-electron chi connectivity index (χ0n) is 9.97. The molecule has 1 aromatic carbocycles. The van der Waals surface area contributed by atoms with Crippen LogP contribution in [0.4, 0.5) is 16.2 Å². The highest BCUT2D eigenvalue weighted by atomic mass is 16.2. The molecule has 0 aliphatic carbocycles. The number of urea groups is 1. The number of hydrogen-bond acceptors (Lipinski definition) is 3.